The van der Waals surface area contributed by atoms with E-state index in [1.165, 1.54) is 11.3 Å². The molecule has 22 heavy (non-hydrogen) atoms. The second-order valence-electron chi connectivity index (χ2n) is 4.71. The predicted octanol–water partition coefficient (Wildman–Crippen LogP) is 3.83. The minimum Gasteiger partial charge on any atom is -0.284 e. The lowest BCUT2D eigenvalue weighted by atomic mass is 10.1. The van der Waals surface area contributed by atoms with E-state index in [9.17, 15) is 4.79 Å². The number of para-hydroxylation sites is 1. The summed E-state index contributed by atoms with van der Waals surface area (Å²) in [4.78, 5) is 18.9. The molecule has 0 N–H and O–H groups in total. The number of fused-ring (bicyclic) bond motifs is 1. The van der Waals surface area contributed by atoms with E-state index in [0.29, 0.717) is 22.8 Å². The van der Waals surface area contributed by atoms with Crippen LogP contribution in [0.15, 0.2) is 48.5 Å². The fourth-order valence-electron chi connectivity index (χ4n) is 2.22. The summed E-state index contributed by atoms with van der Waals surface area (Å²) in [5, 5.41) is 9.64. The first-order valence-electron chi connectivity index (χ1n) is 6.90. The summed E-state index contributed by atoms with van der Waals surface area (Å²) in [6.45, 7) is 2.44. The van der Waals surface area contributed by atoms with E-state index in [0.717, 1.165) is 10.2 Å². The van der Waals surface area contributed by atoms with Crippen LogP contribution in [-0.2, 0) is 0 Å². The lowest BCUT2D eigenvalue weighted by molar-refractivity contribution is 0.0988. The summed E-state index contributed by atoms with van der Waals surface area (Å²) in [6, 6.07) is 16.6. The van der Waals surface area contributed by atoms with Crippen molar-refractivity contribution in [2.45, 2.75) is 6.92 Å². The van der Waals surface area contributed by atoms with Gasteiger partial charge < -0.3 is 0 Å². The number of rotatable bonds is 3. The molecule has 3 rings (SSSR count). The number of carbonyl (C=O) groups excluding carboxylic acids is 1. The van der Waals surface area contributed by atoms with Crippen LogP contribution in [0.2, 0.25) is 0 Å². The number of amides is 1. The molecule has 0 fully saturated rings. The summed E-state index contributed by atoms with van der Waals surface area (Å²) in [6.07, 6.45) is 0. The van der Waals surface area contributed by atoms with Crippen LogP contribution in [0.1, 0.15) is 22.8 Å². The van der Waals surface area contributed by atoms with E-state index in [1.54, 1.807) is 29.2 Å². The van der Waals surface area contributed by atoms with Gasteiger partial charge in [-0.05, 0) is 37.3 Å². The fraction of sp³-hybridized carbons (Fsp3) is 0.118. The molecule has 5 heteroatoms. The van der Waals surface area contributed by atoms with Crippen molar-refractivity contribution in [1.29, 1.82) is 5.26 Å². The highest BCUT2D eigenvalue weighted by Gasteiger charge is 2.19. The van der Waals surface area contributed by atoms with Crippen molar-refractivity contribution in [2.75, 3.05) is 11.4 Å². The Morgan fingerprint density at radius 1 is 1.27 bits per heavy atom. The van der Waals surface area contributed by atoms with Crippen LogP contribution in [0.3, 0.4) is 0 Å². The molecule has 1 amide bonds. The van der Waals surface area contributed by atoms with Crippen molar-refractivity contribution in [3.8, 4) is 6.07 Å². The van der Waals surface area contributed by atoms with Gasteiger partial charge in [-0.25, -0.2) is 4.98 Å². The molecule has 108 valence electrons. The smallest absolute Gasteiger partial charge is 0.260 e. The molecule has 3 aromatic rings. The molecule has 0 saturated carbocycles. The fourth-order valence-corrected chi connectivity index (χ4v) is 3.25. The molecule has 0 aliphatic rings. The maximum Gasteiger partial charge on any atom is 0.260 e. The van der Waals surface area contributed by atoms with Gasteiger partial charge in [0.1, 0.15) is 0 Å². The SMILES string of the molecule is CCN(C(=O)c1cccc(C#N)c1)c1nc2ccccc2s1. The van der Waals surface area contributed by atoms with Gasteiger partial charge in [0.2, 0.25) is 0 Å². The van der Waals surface area contributed by atoms with Crippen LogP contribution in [0.5, 0.6) is 0 Å². The average molecular weight is 307 g/mol. The van der Waals surface area contributed by atoms with Crippen LogP contribution in [0.4, 0.5) is 5.13 Å². The first-order valence-corrected chi connectivity index (χ1v) is 7.72. The number of anilines is 1. The van der Waals surface area contributed by atoms with E-state index in [-0.39, 0.29) is 5.91 Å². The Kier molecular flexibility index (Phi) is 3.86. The van der Waals surface area contributed by atoms with Gasteiger partial charge in [-0.15, -0.1) is 0 Å². The van der Waals surface area contributed by atoms with Crippen LogP contribution in [-0.4, -0.2) is 17.4 Å². The molecular formula is C17H13N3OS. The number of nitriles is 1. The monoisotopic (exact) mass is 307 g/mol. The Balaban J connectivity index is 1.99. The average Bonchev–Trinajstić information content (AvgIpc) is 2.99. The second-order valence-corrected chi connectivity index (χ2v) is 5.72. The van der Waals surface area contributed by atoms with Crippen molar-refractivity contribution < 1.29 is 4.79 Å². The number of thiazole rings is 1. The van der Waals surface area contributed by atoms with Gasteiger partial charge >= 0.3 is 0 Å². The predicted molar refractivity (Wildman–Crippen MR) is 88.1 cm³/mol. The third-order valence-corrected chi connectivity index (χ3v) is 4.37. The highest BCUT2D eigenvalue weighted by molar-refractivity contribution is 7.22. The molecule has 0 radical (unpaired) electrons. The van der Waals surface area contributed by atoms with Crippen molar-refractivity contribution in [2.24, 2.45) is 0 Å². The quantitative estimate of drug-likeness (QED) is 0.739. The molecule has 0 unspecified atom stereocenters. The molecule has 0 aliphatic heterocycles. The number of aromatic nitrogens is 1. The molecule has 0 aliphatic carbocycles. The van der Waals surface area contributed by atoms with E-state index in [2.05, 4.69) is 11.1 Å². The maximum atomic E-state index is 12.7. The zero-order valence-electron chi connectivity index (χ0n) is 12.0. The molecular weight excluding hydrogens is 294 g/mol. The summed E-state index contributed by atoms with van der Waals surface area (Å²) in [5.74, 6) is -0.140. The minimum absolute atomic E-state index is 0.140. The van der Waals surface area contributed by atoms with Crippen molar-refractivity contribution >= 4 is 32.6 Å². The van der Waals surface area contributed by atoms with Gasteiger partial charge in [-0.3, -0.25) is 9.69 Å². The zero-order chi connectivity index (χ0) is 15.5. The number of hydrogen-bond acceptors (Lipinski definition) is 4. The van der Waals surface area contributed by atoms with Gasteiger partial charge in [-0.2, -0.15) is 5.26 Å². The third kappa shape index (κ3) is 2.57. The summed E-state index contributed by atoms with van der Waals surface area (Å²) in [7, 11) is 0. The van der Waals surface area contributed by atoms with Crippen LogP contribution in [0, 0.1) is 11.3 Å². The van der Waals surface area contributed by atoms with Gasteiger partial charge in [0.25, 0.3) is 5.91 Å². The van der Waals surface area contributed by atoms with Crippen molar-refractivity contribution in [3.63, 3.8) is 0 Å². The molecule has 1 aromatic heterocycles. The van der Waals surface area contributed by atoms with Gasteiger partial charge in [0.15, 0.2) is 5.13 Å². The van der Waals surface area contributed by atoms with Gasteiger partial charge in [-0.1, -0.05) is 29.5 Å². The first-order chi connectivity index (χ1) is 10.7. The van der Waals surface area contributed by atoms with Crippen molar-refractivity contribution in [3.05, 3.63) is 59.7 Å². The Hall–Kier alpha value is -2.71. The molecule has 0 saturated heterocycles. The van der Waals surface area contributed by atoms with Crippen molar-refractivity contribution in [1.82, 2.24) is 4.98 Å². The number of carbonyl (C=O) groups is 1. The van der Waals surface area contributed by atoms with Crippen LogP contribution >= 0.6 is 11.3 Å². The third-order valence-electron chi connectivity index (χ3n) is 3.31. The first kappa shape index (κ1) is 14.2. The van der Waals surface area contributed by atoms with Gasteiger partial charge in [0.05, 0.1) is 21.8 Å². The zero-order valence-corrected chi connectivity index (χ0v) is 12.8. The highest BCUT2D eigenvalue weighted by Crippen LogP contribution is 2.29. The molecule has 0 spiro atoms. The van der Waals surface area contributed by atoms with Crippen LogP contribution in [0.25, 0.3) is 10.2 Å². The normalized spacial score (nSPS) is 10.4. The number of benzene rings is 2. The summed E-state index contributed by atoms with van der Waals surface area (Å²) in [5.41, 5.74) is 1.87. The standard InChI is InChI=1S/C17H13N3OS/c1-2-20(16(21)13-7-5-6-12(10-13)11-18)17-19-14-8-3-4-9-15(14)22-17/h3-10H,2H2,1H3. The molecule has 2 aromatic carbocycles. The van der Waals surface area contributed by atoms with Crippen LogP contribution < -0.4 is 4.90 Å². The lowest BCUT2D eigenvalue weighted by Crippen LogP contribution is -2.30. The van der Waals surface area contributed by atoms with E-state index in [4.69, 9.17) is 5.26 Å². The summed E-state index contributed by atoms with van der Waals surface area (Å²) >= 11 is 1.49. The number of nitrogens with zero attached hydrogens (tertiary/aromatic N) is 3. The maximum absolute atomic E-state index is 12.7. The van der Waals surface area contributed by atoms with E-state index in [1.807, 2.05) is 31.2 Å². The summed E-state index contributed by atoms with van der Waals surface area (Å²) < 4.78 is 1.05. The largest absolute Gasteiger partial charge is 0.284 e. The molecule has 1 heterocycles. The van der Waals surface area contributed by atoms with E-state index < -0.39 is 0 Å². The Morgan fingerprint density at radius 3 is 2.82 bits per heavy atom. The topological polar surface area (TPSA) is 57.0 Å². The molecule has 0 bridgehead atoms. The molecule has 4 nitrogen and oxygen atoms in total. The molecule has 0 atom stereocenters. The number of hydrogen-bond donors (Lipinski definition) is 0. The second kappa shape index (κ2) is 5.96. The Labute approximate surface area is 132 Å². The highest BCUT2D eigenvalue weighted by atomic mass is 32.1. The minimum atomic E-state index is -0.140. The Bertz CT molecular complexity index is 846. The van der Waals surface area contributed by atoms with Gasteiger partial charge in [0, 0.05) is 12.1 Å². The lowest BCUT2D eigenvalue weighted by Gasteiger charge is -2.17. The van der Waals surface area contributed by atoms with E-state index >= 15 is 0 Å². The Morgan fingerprint density at radius 2 is 2.09 bits per heavy atom.